The second kappa shape index (κ2) is 4.16. The predicted molar refractivity (Wildman–Crippen MR) is 68.3 cm³/mol. The van der Waals surface area contributed by atoms with Crippen molar-refractivity contribution >= 4 is 31.3 Å². The fourth-order valence-electron chi connectivity index (χ4n) is 1.60. The van der Waals surface area contributed by atoms with Crippen LogP contribution in [0.5, 0.6) is 0 Å². The Labute approximate surface area is 98.8 Å². The molecule has 0 aliphatic carbocycles. The molecule has 0 bridgehead atoms. The lowest BCUT2D eigenvalue weighted by molar-refractivity contribution is 0.601. The molecule has 0 radical (unpaired) electrons. The summed E-state index contributed by atoms with van der Waals surface area (Å²) in [6.07, 6.45) is 1.25. The summed E-state index contributed by atoms with van der Waals surface area (Å²) in [7, 11) is -2.95. The van der Waals surface area contributed by atoms with Crippen molar-refractivity contribution in [3.63, 3.8) is 0 Å². The molecule has 0 saturated heterocycles. The van der Waals surface area contributed by atoms with Gasteiger partial charge in [0.05, 0.1) is 5.75 Å². The van der Waals surface area contributed by atoms with Gasteiger partial charge in [0.25, 0.3) is 0 Å². The lowest BCUT2D eigenvalue weighted by atomic mass is 10.2. The average molecular weight is 255 g/mol. The minimum atomic E-state index is -2.95. The van der Waals surface area contributed by atoms with Gasteiger partial charge in [0.2, 0.25) is 0 Å². The summed E-state index contributed by atoms with van der Waals surface area (Å²) < 4.78 is 23.5. The van der Waals surface area contributed by atoms with Crippen LogP contribution in [0.4, 0.5) is 0 Å². The van der Waals surface area contributed by atoms with Crippen LogP contribution in [0, 0.1) is 0 Å². The van der Waals surface area contributed by atoms with E-state index < -0.39 is 9.84 Å². The van der Waals surface area contributed by atoms with E-state index in [0.29, 0.717) is 6.54 Å². The second-order valence-electron chi connectivity index (χ2n) is 3.86. The van der Waals surface area contributed by atoms with Gasteiger partial charge in [-0.15, -0.1) is 11.3 Å². The van der Waals surface area contributed by atoms with Gasteiger partial charge in [-0.3, -0.25) is 0 Å². The van der Waals surface area contributed by atoms with Crippen molar-refractivity contribution in [1.82, 2.24) is 0 Å². The van der Waals surface area contributed by atoms with E-state index in [9.17, 15) is 8.42 Å². The van der Waals surface area contributed by atoms with Crippen LogP contribution in [0.3, 0.4) is 0 Å². The number of nitrogens with two attached hydrogens (primary N) is 1. The Hall–Kier alpha value is -0.910. The van der Waals surface area contributed by atoms with Crippen LogP contribution in [-0.2, 0) is 22.1 Å². The average Bonchev–Trinajstić information content (AvgIpc) is 2.55. The third-order valence-corrected chi connectivity index (χ3v) is 4.41. The third kappa shape index (κ3) is 2.61. The summed E-state index contributed by atoms with van der Waals surface area (Å²) in [6.45, 7) is 0.507. The van der Waals surface area contributed by atoms with Gasteiger partial charge in [0.1, 0.15) is 0 Å². The Morgan fingerprint density at radius 2 is 2.06 bits per heavy atom. The molecule has 1 aromatic heterocycles. The molecule has 0 unspecified atom stereocenters. The Morgan fingerprint density at radius 1 is 1.31 bits per heavy atom. The molecule has 86 valence electrons. The molecule has 5 heteroatoms. The van der Waals surface area contributed by atoms with Gasteiger partial charge in [-0.05, 0) is 29.1 Å². The molecule has 0 aliphatic rings. The summed E-state index contributed by atoms with van der Waals surface area (Å²) in [5, 5.41) is 1.08. The van der Waals surface area contributed by atoms with Crippen LogP contribution >= 0.6 is 11.3 Å². The Balaban J connectivity index is 2.44. The minimum Gasteiger partial charge on any atom is -0.326 e. The summed E-state index contributed by atoms with van der Waals surface area (Å²) in [4.78, 5) is 0.881. The monoisotopic (exact) mass is 255 g/mol. The molecule has 3 nitrogen and oxygen atoms in total. The van der Waals surface area contributed by atoms with Gasteiger partial charge in [-0.2, -0.15) is 0 Å². The number of hydrogen-bond acceptors (Lipinski definition) is 4. The van der Waals surface area contributed by atoms with Crippen molar-refractivity contribution in [1.29, 1.82) is 0 Å². The SMILES string of the molecule is CS(=O)(=O)Cc1cc2cc(CN)ccc2s1. The lowest BCUT2D eigenvalue weighted by Gasteiger charge is -1.94. The molecule has 0 amide bonds. The Kier molecular flexibility index (Phi) is 3.01. The van der Waals surface area contributed by atoms with Gasteiger partial charge in [0, 0.05) is 22.4 Å². The van der Waals surface area contributed by atoms with Crippen LogP contribution in [-0.4, -0.2) is 14.7 Å². The maximum Gasteiger partial charge on any atom is 0.152 e. The Morgan fingerprint density at radius 3 is 2.69 bits per heavy atom. The molecule has 1 aromatic carbocycles. The van der Waals surface area contributed by atoms with Crippen LogP contribution in [0.2, 0.25) is 0 Å². The highest BCUT2D eigenvalue weighted by molar-refractivity contribution is 7.90. The molecular formula is C11H13NO2S2. The lowest BCUT2D eigenvalue weighted by Crippen LogP contribution is -1.98. The van der Waals surface area contributed by atoms with E-state index in [-0.39, 0.29) is 5.75 Å². The largest absolute Gasteiger partial charge is 0.326 e. The summed E-state index contributed by atoms with van der Waals surface area (Å²) in [5.74, 6) is 0.115. The molecule has 1 heterocycles. The topological polar surface area (TPSA) is 60.2 Å². The summed E-state index contributed by atoms with van der Waals surface area (Å²) >= 11 is 1.52. The van der Waals surface area contributed by atoms with Crippen molar-refractivity contribution in [2.45, 2.75) is 12.3 Å². The first-order valence-corrected chi connectivity index (χ1v) is 7.75. The third-order valence-electron chi connectivity index (χ3n) is 2.27. The van der Waals surface area contributed by atoms with E-state index >= 15 is 0 Å². The summed E-state index contributed by atoms with van der Waals surface area (Å²) in [6, 6.07) is 7.91. The van der Waals surface area contributed by atoms with Crippen molar-refractivity contribution in [2.24, 2.45) is 5.73 Å². The highest BCUT2D eigenvalue weighted by atomic mass is 32.2. The first-order valence-electron chi connectivity index (χ1n) is 4.87. The molecule has 16 heavy (non-hydrogen) atoms. The van der Waals surface area contributed by atoms with Gasteiger partial charge >= 0.3 is 0 Å². The highest BCUT2D eigenvalue weighted by Crippen LogP contribution is 2.27. The number of benzene rings is 1. The van der Waals surface area contributed by atoms with E-state index in [1.807, 2.05) is 24.3 Å². The zero-order chi connectivity index (χ0) is 11.8. The Bertz CT molecular complexity index is 614. The summed E-state index contributed by atoms with van der Waals surface area (Å²) in [5.41, 5.74) is 6.62. The number of sulfone groups is 1. The van der Waals surface area contributed by atoms with Crippen molar-refractivity contribution in [2.75, 3.05) is 6.26 Å². The predicted octanol–water partition coefficient (Wildman–Crippen LogP) is 1.90. The van der Waals surface area contributed by atoms with Crippen LogP contribution in [0.25, 0.3) is 10.1 Å². The first-order chi connectivity index (χ1) is 7.48. The maximum atomic E-state index is 11.2. The second-order valence-corrected chi connectivity index (χ2v) is 7.17. The van der Waals surface area contributed by atoms with E-state index in [4.69, 9.17) is 5.73 Å². The maximum absolute atomic E-state index is 11.2. The van der Waals surface area contributed by atoms with Gasteiger partial charge < -0.3 is 5.73 Å². The van der Waals surface area contributed by atoms with Gasteiger partial charge in [-0.25, -0.2) is 8.42 Å². The molecule has 0 aliphatic heterocycles. The minimum absolute atomic E-state index is 0.115. The molecule has 0 spiro atoms. The van der Waals surface area contributed by atoms with Crippen molar-refractivity contribution in [3.05, 3.63) is 34.7 Å². The molecule has 0 saturated carbocycles. The molecule has 2 aromatic rings. The quantitative estimate of drug-likeness (QED) is 0.911. The highest BCUT2D eigenvalue weighted by Gasteiger charge is 2.08. The molecular weight excluding hydrogens is 242 g/mol. The van der Waals surface area contributed by atoms with Crippen LogP contribution < -0.4 is 5.73 Å². The zero-order valence-electron chi connectivity index (χ0n) is 8.93. The van der Waals surface area contributed by atoms with Crippen LogP contribution in [0.1, 0.15) is 10.4 Å². The fourth-order valence-corrected chi connectivity index (χ4v) is 3.92. The number of rotatable bonds is 3. The van der Waals surface area contributed by atoms with Crippen LogP contribution in [0.15, 0.2) is 24.3 Å². The van der Waals surface area contributed by atoms with E-state index in [1.54, 1.807) is 0 Å². The van der Waals surface area contributed by atoms with E-state index in [1.165, 1.54) is 17.6 Å². The van der Waals surface area contributed by atoms with E-state index in [2.05, 4.69) is 0 Å². The first kappa shape index (κ1) is 11.6. The number of fused-ring (bicyclic) bond motifs is 1. The molecule has 0 fully saturated rings. The standard InChI is InChI=1S/C11H13NO2S2/c1-16(13,14)7-10-5-9-4-8(6-12)2-3-11(9)15-10/h2-5H,6-7,12H2,1H3. The number of hydrogen-bond donors (Lipinski definition) is 1. The smallest absolute Gasteiger partial charge is 0.152 e. The van der Waals surface area contributed by atoms with Crippen molar-refractivity contribution in [3.8, 4) is 0 Å². The molecule has 2 rings (SSSR count). The zero-order valence-corrected chi connectivity index (χ0v) is 10.6. The van der Waals surface area contributed by atoms with Gasteiger partial charge in [0.15, 0.2) is 9.84 Å². The van der Waals surface area contributed by atoms with Crippen molar-refractivity contribution < 1.29 is 8.42 Å². The number of thiophene rings is 1. The molecule has 2 N–H and O–H groups in total. The molecule has 0 atom stereocenters. The normalized spacial score (nSPS) is 12.1. The fraction of sp³-hybridized carbons (Fsp3) is 0.273. The van der Waals surface area contributed by atoms with E-state index in [0.717, 1.165) is 20.5 Å². The van der Waals surface area contributed by atoms with Gasteiger partial charge in [-0.1, -0.05) is 6.07 Å².